The summed E-state index contributed by atoms with van der Waals surface area (Å²) in [5.41, 5.74) is 7.71. The van der Waals surface area contributed by atoms with Crippen molar-refractivity contribution >= 4 is 23.1 Å². The number of rotatable bonds is 4. The van der Waals surface area contributed by atoms with Gasteiger partial charge in [-0.2, -0.15) is 4.98 Å². The summed E-state index contributed by atoms with van der Waals surface area (Å²) < 4.78 is 0. The molecule has 100 valence electrons. The molecule has 3 N–H and O–H groups in total. The number of anilines is 2. The highest BCUT2D eigenvalue weighted by Crippen LogP contribution is 2.41. The van der Waals surface area contributed by atoms with Crippen molar-refractivity contribution in [2.24, 2.45) is 5.41 Å². The third kappa shape index (κ3) is 2.69. The first-order chi connectivity index (χ1) is 8.56. The van der Waals surface area contributed by atoms with Crippen LogP contribution in [-0.2, 0) is 0 Å². The first-order valence-corrected chi connectivity index (χ1v) is 6.97. The van der Waals surface area contributed by atoms with Crippen LogP contribution in [0.2, 0.25) is 5.28 Å². The van der Waals surface area contributed by atoms with Crippen LogP contribution in [0.4, 0.5) is 11.5 Å². The number of halogens is 1. The molecule has 0 aliphatic heterocycles. The average Bonchev–Trinajstić information content (AvgIpc) is 2.81. The molecule has 1 aromatic rings. The summed E-state index contributed by atoms with van der Waals surface area (Å²) in [6.45, 7) is 5.02. The standard InChI is InChI=1S/C13H21ClN4/c1-3-13(6-4-5-7-13)8-16-11-10(15)9(2)17-12(14)18-11/h3-8,15H2,1-2H3,(H,16,17,18). The number of nitrogens with two attached hydrogens (primary N) is 1. The lowest BCUT2D eigenvalue weighted by molar-refractivity contribution is 0.306. The van der Waals surface area contributed by atoms with Crippen molar-refractivity contribution < 1.29 is 0 Å². The molecule has 0 bridgehead atoms. The van der Waals surface area contributed by atoms with Crippen LogP contribution in [0, 0.1) is 12.3 Å². The van der Waals surface area contributed by atoms with Crippen molar-refractivity contribution in [1.29, 1.82) is 0 Å². The number of aromatic nitrogens is 2. The maximum Gasteiger partial charge on any atom is 0.224 e. The molecule has 1 heterocycles. The zero-order valence-corrected chi connectivity index (χ0v) is 11.8. The first-order valence-electron chi connectivity index (χ1n) is 6.60. The van der Waals surface area contributed by atoms with Crippen LogP contribution >= 0.6 is 11.6 Å². The molecule has 1 aliphatic rings. The minimum Gasteiger partial charge on any atom is -0.394 e. The Balaban J connectivity index is 2.10. The Labute approximate surface area is 113 Å². The molecule has 0 saturated heterocycles. The Morgan fingerprint density at radius 3 is 2.61 bits per heavy atom. The van der Waals surface area contributed by atoms with Crippen LogP contribution in [0.25, 0.3) is 0 Å². The smallest absolute Gasteiger partial charge is 0.224 e. The van der Waals surface area contributed by atoms with Gasteiger partial charge in [-0.15, -0.1) is 0 Å². The van der Waals surface area contributed by atoms with E-state index in [0.29, 0.717) is 16.9 Å². The van der Waals surface area contributed by atoms with Gasteiger partial charge in [0, 0.05) is 6.54 Å². The summed E-state index contributed by atoms with van der Waals surface area (Å²) >= 11 is 5.87. The van der Waals surface area contributed by atoms with E-state index in [2.05, 4.69) is 22.2 Å². The van der Waals surface area contributed by atoms with E-state index in [-0.39, 0.29) is 5.28 Å². The van der Waals surface area contributed by atoms with E-state index in [1.54, 1.807) is 0 Å². The van der Waals surface area contributed by atoms with Crippen molar-refractivity contribution in [2.75, 3.05) is 17.6 Å². The molecule has 1 aromatic heterocycles. The van der Waals surface area contributed by atoms with Gasteiger partial charge in [-0.3, -0.25) is 0 Å². The minimum atomic E-state index is 0.251. The van der Waals surface area contributed by atoms with Gasteiger partial charge in [-0.05, 0) is 43.2 Å². The molecule has 0 amide bonds. The quantitative estimate of drug-likeness (QED) is 0.822. The summed E-state index contributed by atoms with van der Waals surface area (Å²) in [5.74, 6) is 0.673. The fraction of sp³-hybridized carbons (Fsp3) is 0.692. The van der Waals surface area contributed by atoms with Crippen molar-refractivity contribution in [3.05, 3.63) is 11.0 Å². The van der Waals surface area contributed by atoms with E-state index in [9.17, 15) is 0 Å². The fourth-order valence-corrected chi connectivity index (χ4v) is 2.95. The fourth-order valence-electron chi connectivity index (χ4n) is 2.73. The number of hydrogen-bond donors (Lipinski definition) is 2. The normalized spacial score (nSPS) is 17.9. The van der Waals surface area contributed by atoms with E-state index in [4.69, 9.17) is 17.3 Å². The van der Waals surface area contributed by atoms with Gasteiger partial charge in [0.2, 0.25) is 5.28 Å². The summed E-state index contributed by atoms with van der Waals surface area (Å²) in [4.78, 5) is 8.22. The molecule has 0 radical (unpaired) electrons. The van der Waals surface area contributed by atoms with Crippen LogP contribution in [-0.4, -0.2) is 16.5 Å². The van der Waals surface area contributed by atoms with Crippen LogP contribution in [0.1, 0.15) is 44.7 Å². The molecule has 0 spiro atoms. The van der Waals surface area contributed by atoms with Crippen LogP contribution in [0.3, 0.4) is 0 Å². The molecule has 1 saturated carbocycles. The molecule has 5 heteroatoms. The van der Waals surface area contributed by atoms with E-state index in [0.717, 1.165) is 12.2 Å². The maximum atomic E-state index is 5.97. The Morgan fingerprint density at radius 1 is 1.33 bits per heavy atom. The third-order valence-electron chi connectivity index (χ3n) is 4.15. The Bertz CT molecular complexity index is 427. The second-order valence-corrected chi connectivity index (χ2v) is 5.59. The van der Waals surface area contributed by atoms with Crippen molar-refractivity contribution in [3.8, 4) is 0 Å². The summed E-state index contributed by atoms with van der Waals surface area (Å²) in [6, 6.07) is 0. The topological polar surface area (TPSA) is 63.8 Å². The highest BCUT2D eigenvalue weighted by Gasteiger charge is 2.31. The monoisotopic (exact) mass is 268 g/mol. The lowest BCUT2D eigenvalue weighted by atomic mass is 9.83. The molecule has 4 nitrogen and oxygen atoms in total. The van der Waals surface area contributed by atoms with Gasteiger partial charge in [-0.1, -0.05) is 19.8 Å². The number of hydrogen-bond acceptors (Lipinski definition) is 4. The summed E-state index contributed by atoms with van der Waals surface area (Å²) in [5, 5.41) is 3.62. The lowest BCUT2D eigenvalue weighted by Gasteiger charge is -2.28. The van der Waals surface area contributed by atoms with Gasteiger partial charge in [0.25, 0.3) is 0 Å². The van der Waals surface area contributed by atoms with Gasteiger partial charge < -0.3 is 11.1 Å². The maximum absolute atomic E-state index is 5.97. The van der Waals surface area contributed by atoms with E-state index in [1.807, 2.05) is 6.92 Å². The van der Waals surface area contributed by atoms with Gasteiger partial charge in [0.05, 0.1) is 11.4 Å². The first kappa shape index (κ1) is 13.4. The average molecular weight is 269 g/mol. The molecule has 0 aromatic carbocycles. The molecule has 2 rings (SSSR count). The molecular weight excluding hydrogens is 248 g/mol. The van der Waals surface area contributed by atoms with Gasteiger partial charge in [-0.25, -0.2) is 4.98 Å². The second-order valence-electron chi connectivity index (χ2n) is 5.25. The van der Waals surface area contributed by atoms with Crippen LogP contribution in [0.5, 0.6) is 0 Å². The Kier molecular flexibility index (Phi) is 3.95. The highest BCUT2D eigenvalue weighted by molar-refractivity contribution is 6.28. The Hall–Kier alpha value is -1.03. The van der Waals surface area contributed by atoms with Gasteiger partial charge in [0.1, 0.15) is 0 Å². The largest absolute Gasteiger partial charge is 0.394 e. The van der Waals surface area contributed by atoms with E-state index >= 15 is 0 Å². The summed E-state index contributed by atoms with van der Waals surface area (Å²) in [6.07, 6.45) is 6.42. The zero-order valence-electron chi connectivity index (χ0n) is 11.1. The van der Waals surface area contributed by atoms with Gasteiger partial charge in [0.15, 0.2) is 5.82 Å². The number of nitrogen functional groups attached to an aromatic ring is 1. The molecule has 1 fully saturated rings. The predicted octanol–water partition coefficient (Wildman–Crippen LogP) is 3.40. The van der Waals surface area contributed by atoms with Gasteiger partial charge >= 0.3 is 0 Å². The molecular formula is C13H21ClN4. The molecule has 18 heavy (non-hydrogen) atoms. The number of nitrogens with zero attached hydrogens (tertiary/aromatic N) is 2. The van der Waals surface area contributed by atoms with Crippen LogP contribution < -0.4 is 11.1 Å². The van der Waals surface area contributed by atoms with Crippen molar-refractivity contribution in [1.82, 2.24) is 9.97 Å². The molecule has 0 unspecified atom stereocenters. The Morgan fingerprint density at radius 2 is 2.00 bits per heavy atom. The molecule has 0 atom stereocenters. The number of aryl methyl sites for hydroxylation is 1. The zero-order chi connectivity index (χ0) is 13.2. The van der Waals surface area contributed by atoms with Crippen molar-refractivity contribution in [2.45, 2.75) is 46.0 Å². The minimum absolute atomic E-state index is 0.251. The highest BCUT2D eigenvalue weighted by atomic mass is 35.5. The number of nitrogens with one attached hydrogen (secondary N) is 1. The van der Waals surface area contributed by atoms with Crippen LogP contribution in [0.15, 0.2) is 0 Å². The third-order valence-corrected chi connectivity index (χ3v) is 4.32. The lowest BCUT2D eigenvalue weighted by Crippen LogP contribution is -2.26. The molecule has 1 aliphatic carbocycles. The van der Waals surface area contributed by atoms with E-state index < -0.39 is 0 Å². The second kappa shape index (κ2) is 5.31. The van der Waals surface area contributed by atoms with Crippen molar-refractivity contribution in [3.63, 3.8) is 0 Å². The predicted molar refractivity (Wildman–Crippen MR) is 75.9 cm³/mol. The van der Waals surface area contributed by atoms with E-state index in [1.165, 1.54) is 32.1 Å². The summed E-state index contributed by atoms with van der Waals surface area (Å²) in [7, 11) is 0. The SMILES string of the molecule is CCC1(CNc2nc(Cl)nc(C)c2N)CCCC1.